The molecular weight excluding hydrogens is 229 g/mol. The van der Waals surface area contributed by atoms with Crippen molar-refractivity contribution in [2.45, 2.75) is 32.0 Å². The number of halogens is 2. The Kier molecular flexibility index (Phi) is 3.79. The Hall–Kier alpha value is -0.640. The largest absolute Gasteiger partial charge is 0.377 e. The Labute approximate surface area is 99.7 Å². The Morgan fingerprint density at radius 3 is 3.06 bits per heavy atom. The highest BCUT2D eigenvalue weighted by atomic mass is 35.5. The highest BCUT2D eigenvalue weighted by molar-refractivity contribution is 6.31. The Morgan fingerprint density at radius 2 is 2.38 bits per heavy atom. The minimum atomic E-state index is -0.253. The van der Waals surface area contributed by atoms with Gasteiger partial charge in [-0.3, -0.25) is 0 Å². The molecule has 2 atom stereocenters. The lowest BCUT2D eigenvalue weighted by molar-refractivity contribution is 0.113. The second kappa shape index (κ2) is 5.13. The van der Waals surface area contributed by atoms with E-state index in [9.17, 15) is 4.39 Å². The summed E-state index contributed by atoms with van der Waals surface area (Å²) in [5.41, 5.74) is 0.792. The number of hydrogen-bond donors (Lipinski definition) is 1. The molecule has 0 bridgehead atoms. The third-order valence-corrected chi connectivity index (χ3v) is 3.31. The van der Waals surface area contributed by atoms with Gasteiger partial charge in [-0.25, -0.2) is 4.39 Å². The van der Waals surface area contributed by atoms with Gasteiger partial charge in [0.1, 0.15) is 5.82 Å². The van der Waals surface area contributed by atoms with Gasteiger partial charge in [0.2, 0.25) is 0 Å². The Balaban J connectivity index is 1.96. The molecule has 0 aliphatic carbocycles. The van der Waals surface area contributed by atoms with Crippen LogP contribution in [0.3, 0.4) is 0 Å². The predicted molar refractivity (Wildman–Crippen MR) is 62.1 cm³/mol. The molecule has 1 aromatic carbocycles. The van der Waals surface area contributed by atoms with Gasteiger partial charge < -0.3 is 10.1 Å². The summed E-state index contributed by atoms with van der Waals surface area (Å²) in [4.78, 5) is 0. The fourth-order valence-electron chi connectivity index (χ4n) is 1.92. The molecular formula is C12H15ClFNO. The van der Waals surface area contributed by atoms with E-state index in [1.807, 2.05) is 6.92 Å². The van der Waals surface area contributed by atoms with Crippen LogP contribution in [0.25, 0.3) is 0 Å². The van der Waals surface area contributed by atoms with Crippen molar-refractivity contribution in [3.63, 3.8) is 0 Å². The van der Waals surface area contributed by atoms with Gasteiger partial charge in [0.05, 0.1) is 6.10 Å². The first-order valence-electron chi connectivity index (χ1n) is 5.46. The first kappa shape index (κ1) is 11.8. The van der Waals surface area contributed by atoms with Crippen LogP contribution in [0.5, 0.6) is 0 Å². The highest BCUT2D eigenvalue weighted by Crippen LogP contribution is 2.18. The van der Waals surface area contributed by atoms with E-state index < -0.39 is 0 Å². The van der Waals surface area contributed by atoms with Gasteiger partial charge in [0.15, 0.2) is 0 Å². The summed E-state index contributed by atoms with van der Waals surface area (Å²) >= 11 is 5.98. The van der Waals surface area contributed by atoms with Gasteiger partial charge in [0, 0.05) is 24.2 Å². The van der Waals surface area contributed by atoms with E-state index in [0.29, 0.717) is 17.6 Å². The molecule has 1 saturated heterocycles. The van der Waals surface area contributed by atoms with Crippen molar-refractivity contribution in [3.05, 3.63) is 34.6 Å². The van der Waals surface area contributed by atoms with Gasteiger partial charge in [-0.1, -0.05) is 11.6 Å². The van der Waals surface area contributed by atoms with Gasteiger partial charge >= 0.3 is 0 Å². The molecule has 88 valence electrons. The molecule has 2 unspecified atom stereocenters. The second-order valence-electron chi connectivity index (χ2n) is 4.09. The van der Waals surface area contributed by atoms with E-state index in [4.69, 9.17) is 16.3 Å². The average molecular weight is 244 g/mol. The summed E-state index contributed by atoms with van der Waals surface area (Å²) in [6, 6.07) is 4.75. The first-order chi connectivity index (χ1) is 7.66. The van der Waals surface area contributed by atoms with E-state index in [1.165, 1.54) is 12.1 Å². The molecule has 1 aromatic rings. The minimum Gasteiger partial charge on any atom is -0.377 e. The zero-order valence-electron chi connectivity index (χ0n) is 9.17. The van der Waals surface area contributed by atoms with Crippen LogP contribution in [0.1, 0.15) is 18.9 Å². The second-order valence-corrected chi connectivity index (χ2v) is 4.49. The fourth-order valence-corrected chi connectivity index (χ4v) is 2.10. The molecule has 4 heteroatoms. The molecule has 2 nitrogen and oxygen atoms in total. The van der Waals surface area contributed by atoms with Crippen LogP contribution in [-0.2, 0) is 11.3 Å². The van der Waals surface area contributed by atoms with E-state index >= 15 is 0 Å². The molecule has 1 aliphatic heterocycles. The topological polar surface area (TPSA) is 21.3 Å². The Bertz CT molecular complexity index is 372. The van der Waals surface area contributed by atoms with Crippen LogP contribution in [0.15, 0.2) is 18.2 Å². The number of ether oxygens (including phenoxy) is 1. The van der Waals surface area contributed by atoms with Crippen LogP contribution in [-0.4, -0.2) is 18.8 Å². The lowest BCUT2D eigenvalue weighted by Gasteiger charge is -2.16. The molecule has 16 heavy (non-hydrogen) atoms. The van der Waals surface area contributed by atoms with Gasteiger partial charge in [0.25, 0.3) is 0 Å². The predicted octanol–water partition coefficient (Wildman–Crippen LogP) is 2.75. The first-order valence-corrected chi connectivity index (χ1v) is 5.83. The summed E-state index contributed by atoms with van der Waals surface area (Å²) in [7, 11) is 0. The molecule has 2 rings (SSSR count). The molecule has 1 fully saturated rings. The van der Waals surface area contributed by atoms with Crippen LogP contribution >= 0.6 is 11.6 Å². The molecule has 1 aliphatic rings. The van der Waals surface area contributed by atoms with Gasteiger partial charge in [-0.2, -0.15) is 0 Å². The maximum absolute atomic E-state index is 13.0. The van der Waals surface area contributed by atoms with Crippen LogP contribution in [0.2, 0.25) is 5.02 Å². The SMILES string of the molecule is CC1OCCC1NCc1cc(F)ccc1Cl. The summed E-state index contributed by atoms with van der Waals surface area (Å²) in [5.74, 6) is -0.253. The van der Waals surface area contributed by atoms with Crippen LogP contribution in [0, 0.1) is 5.82 Å². The molecule has 0 spiro atoms. The summed E-state index contributed by atoms with van der Waals surface area (Å²) in [5, 5.41) is 3.94. The molecule has 1 N–H and O–H groups in total. The van der Waals surface area contributed by atoms with Crippen molar-refractivity contribution in [1.82, 2.24) is 5.32 Å². The molecule has 1 heterocycles. The summed E-state index contributed by atoms with van der Waals surface area (Å²) < 4.78 is 18.5. The average Bonchev–Trinajstić information content (AvgIpc) is 2.66. The van der Waals surface area contributed by atoms with Gasteiger partial charge in [-0.15, -0.1) is 0 Å². The van der Waals surface area contributed by atoms with Crippen molar-refractivity contribution < 1.29 is 9.13 Å². The van der Waals surface area contributed by atoms with Crippen molar-refractivity contribution >= 4 is 11.6 Å². The zero-order valence-corrected chi connectivity index (χ0v) is 9.93. The molecule has 0 aromatic heterocycles. The molecule has 0 saturated carbocycles. The number of nitrogens with one attached hydrogen (secondary N) is 1. The number of benzene rings is 1. The van der Waals surface area contributed by atoms with Gasteiger partial charge in [-0.05, 0) is 37.1 Å². The normalized spacial score (nSPS) is 24.9. The van der Waals surface area contributed by atoms with E-state index in [1.54, 1.807) is 6.07 Å². The van der Waals surface area contributed by atoms with Crippen molar-refractivity contribution in [2.24, 2.45) is 0 Å². The lowest BCUT2D eigenvalue weighted by Crippen LogP contribution is -2.34. The quantitative estimate of drug-likeness (QED) is 0.882. The van der Waals surface area contributed by atoms with Crippen molar-refractivity contribution in [3.8, 4) is 0 Å². The third kappa shape index (κ3) is 2.73. The Morgan fingerprint density at radius 1 is 1.56 bits per heavy atom. The minimum absolute atomic E-state index is 0.215. The molecule has 0 amide bonds. The standard InChI is InChI=1S/C12H15ClFNO/c1-8-12(4-5-16-8)15-7-9-6-10(14)2-3-11(9)13/h2-3,6,8,12,15H,4-5,7H2,1H3. The van der Waals surface area contributed by atoms with Crippen LogP contribution in [0.4, 0.5) is 4.39 Å². The molecule has 0 radical (unpaired) electrons. The van der Waals surface area contributed by atoms with Crippen molar-refractivity contribution in [2.75, 3.05) is 6.61 Å². The smallest absolute Gasteiger partial charge is 0.123 e. The van der Waals surface area contributed by atoms with Crippen molar-refractivity contribution in [1.29, 1.82) is 0 Å². The maximum atomic E-state index is 13.0. The summed E-state index contributed by atoms with van der Waals surface area (Å²) in [6.45, 7) is 3.41. The van der Waals surface area contributed by atoms with E-state index in [2.05, 4.69) is 5.32 Å². The van der Waals surface area contributed by atoms with E-state index in [0.717, 1.165) is 18.6 Å². The number of rotatable bonds is 3. The highest BCUT2D eigenvalue weighted by Gasteiger charge is 2.23. The zero-order chi connectivity index (χ0) is 11.5. The summed E-state index contributed by atoms with van der Waals surface area (Å²) in [6.07, 6.45) is 1.21. The maximum Gasteiger partial charge on any atom is 0.123 e. The monoisotopic (exact) mass is 243 g/mol. The third-order valence-electron chi connectivity index (χ3n) is 2.94. The number of hydrogen-bond acceptors (Lipinski definition) is 2. The van der Waals surface area contributed by atoms with Crippen LogP contribution < -0.4 is 5.32 Å². The fraction of sp³-hybridized carbons (Fsp3) is 0.500. The lowest BCUT2D eigenvalue weighted by atomic mass is 10.1. The van der Waals surface area contributed by atoms with E-state index in [-0.39, 0.29) is 11.9 Å².